The molecule has 0 N–H and O–H groups in total. The van der Waals surface area contributed by atoms with Crippen molar-refractivity contribution in [3.63, 3.8) is 0 Å². The number of hydrogen-bond donors (Lipinski definition) is 0. The Morgan fingerprint density at radius 2 is 1.68 bits per heavy atom. The first-order valence-corrected chi connectivity index (χ1v) is 5.78. The van der Waals surface area contributed by atoms with Gasteiger partial charge in [-0.15, -0.1) is 0 Å². The molecule has 19 heavy (non-hydrogen) atoms. The molecule has 0 saturated carbocycles. The minimum atomic E-state index is 0.601. The molecule has 2 aromatic rings. The van der Waals surface area contributed by atoms with Crippen LogP contribution in [0.1, 0.15) is 11.1 Å². The predicted octanol–water partition coefficient (Wildman–Crippen LogP) is 5.20. The van der Waals surface area contributed by atoms with E-state index in [1.165, 1.54) is 0 Å². The summed E-state index contributed by atoms with van der Waals surface area (Å²) in [4.78, 5) is 6.80. The maximum atomic E-state index is 7.01. The fourth-order valence-corrected chi connectivity index (χ4v) is 1.76. The lowest BCUT2D eigenvalue weighted by Crippen LogP contribution is -1.87. The molecule has 2 rings (SSSR count). The van der Waals surface area contributed by atoms with Gasteiger partial charge in [-0.05, 0) is 49.2 Å². The molecule has 0 aliphatic carbocycles. The summed E-state index contributed by atoms with van der Waals surface area (Å²) in [6.07, 6.45) is 0. The Balaban J connectivity index is 2.30. The highest BCUT2D eigenvalue weighted by molar-refractivity contribution is 5.56. The lowest BCUT2D eigenvalue weighted by atomic mass is 10.2. The molecule has 0 aliphatic rings. The zero-order chi connectivity index (χ0) is 13.8. The first-order valence-electron chi connectivity index (χ1n) is 5.78. The van der Waals surface area contributed by atoms with E-state index in [0.717, 1.165) is 16.9 Å². The number of hydrogen-bond acceptors (Lipinski definition) is 1. The van der Waals surface area contributed by atoms with Crippen LogP contribution in [0.5, 0.6) is 11.5 Å². The van der Waals surface area contributed by atoms with E-state index in [-0.39, 0.29) is 0 Å². The average molecular weight is 248 g/mol. The largest absolute Gasteiger partial charge is 0.457 e. The number of rotatable bonds is 2. The number of nitrogens with zero attached hydrogens (tertiary/aromatic N) is 2. The zero-order valence-corrected chi connectivity index (χ0v) is 10.8. The van der Waals surface area contributed by atoms with E-state index in [1.807, 2.05) is 19.9 Å². The fraction of sp³-hybridized carbons (Fsp3) is 0.125. The van der Waals surface area contributed by atoms with Crippen molar-refractivity contribution in [1.82, 2.24) is 0 Å². The monoisotopic (exact) mass is 248 g/mol. The van der Waals surface area contributed by atoms with E-state index < -0.39 is 0 Å². The molecule has 0 aromatic heterocycles. The van der Waals surface area contributed by atoms with E-state index in [4.69, 9.17) is 17.9 Å². The second-order valence-electron chi connectivity index (χ2n) is 4.22. The van der Waals surface area contributed by atoms with Crippen LogP contribution < -0.4 is 4.74 Å². The molecule has 0 heterocycles. The first-order chi connectivity index (χ1) is 9.13. The third-order valence-electron chi connectivity index (χ3n) is 2.80. The van der Waals surface area contributed by atoms with Gasteiger partial charge in [-0.3, -0.25) is 0 Å². The molecule has 0 radical (unpaired) electrons. The van der Waals surface area contributed by atoms with Crippen molar-refractivity contribution in [3.05, 3.63) is 70.4 Å². The Hall–Kier alpha value is -2.78. The van der Waals surface area contributed by atoms with Gasteiger partial charge in [0.05, 0.1) is 13.1 Å². The van der Waals surface area contributed by atoms with E-state index >= 15 is 0 Å². The van der Waals surface area contributed by atoms with Crippen molar-refractivity contribution in [2.24, 2.45) is 0 Å². The van der Waals surface area contributed by atoms with Crippen LogP contribution in [0.25, 0.3) is 9.69 Å². The molecule has 0 bridgehead atoms. The van der Waals surface area contributed by atoms with Crippen LogP contribution in [0.15, 0.2) is 36.4 Å². The molecule has 92 valence electrons. The number of aryl methyl sites for hydroxylation is 2. The quantitative estimate of drug-likeness (QED) is 0.668. The van der Waals surface area contributed by atoms with Gasteiger partial charge in [-0.2, -0.15) is 0 Å². The molecule has 0 amide bonds. The molecular formula is C16H12N2O. The Morgan fingerprint density at radius 3 is 2.26 bits per heavy atom. The third kappa shape index (κ3) is 2.73. The van der Waals surface area contributed by atoms with Crippen molar-refractivity contribution in [3.8, 4) is 11.5 Å². The summed E-state index contributed by atoms with van der Waals surface area (Å²) in [7, 11) is 0. The van der Waals surface area contributed by atoms with Gasteiger partial charge >= 0.3 is 0 Å². The first kappa shape index (κ1) is 12.7. The minimum Gasteiger partial charge on any atom is -0.457 e. The molecular weight excluding hydrogens is 236 g/mol. The normalized spacial score (nSPS) is 9.47. The number of ether oxygens (including phenoxy) is 1. The van der Waals surface area contributed by atoms with Crippen molar-refractivity contribution in [1.29, 1.82) is 0 Å². The van der Waals surface area contributed by atoms with Crippen molar-refractivity contribution < 1.29 is 4.74 Å². The Labute approximate surface area is 112 Å². The van der Waals surface area contributed by atoms with Crippen LogP contribution in [0.3, 0.4) is 0 Å². The lowest BCUT2D eigenvalue weighted by molar-refractivity contribution is 0.479. The smallest absolute Gasteiger partial charge is 0.190 e. The van der Waals surface area contributed by atoms with Gasteiger partial charge in [-0.1, -0.05) is 12.1 Å². The summed E-state index contributed by atoms with van der Waals surface area (Å²) in [6.45, 7) is 17.8. The van der Waals surface area contributed by atoms with E-state index in [1.54, 1.807) is 30.3 Å². The highest BCUT2D eigenvalue weighted by Crippen LogP contribution is 2.30. The lowest BCUT2D eigenvalue weighted by Gasteiger charge is -2.10. The topological polar surface area (TPSA) is 17.9 Å². The molecule has 2 aromatic carbocycles. The molecule has 0 aliphatic heterocycles. The Kier molecular flexibility index (Phi) is 3.50. The van der Waals surface area contributed by atoms with Gasteiger partial charge in [-0.25, -0.2) is 9.69 Å². The number of benzene rings is 2. The highest BCUT2D eigenvalue weighted by atomic mass is 16.5. The summed E-state index contributed by atoms with van der Waals surface area (Å²) in [6, 6.07) is 10.7. The molecule has 0 atom stereocenters. The van der Waals surface area contributed by atoms with E-state index in [2.05, 4.69) is 9.69 Å². The second kappa shape index (κ2) is 5.25. The van der Waals surface area contributed by atoms with Gasteiger partial charge in [0.1, 0.15) is 11.5 Å². The standard InChI is InChI=1S/C16H12N2O/c1-11-10-14(6-7-15(11)18-4)19-16-8-5-13(17-3)9-12(16)2/h5-10H,1-2H3. The van der Waals surface area contributed by atoms with Crippen LogP contribution in [0.4, 0.5) is 11.4 Å². The maximum absolute atomic E-state index is 7.01. The van der Waals surface area contributed by atoms with Crippen molar-refractivity contribution in [2.75, 3.05) is 0 Å². The van der Waals surface area contributed by atoms with E-state index in [0.29, 0.717) is 17.1 Å². The highest BCUT2D eigenvalue weighted by Gasteiger charge is 2.04. The van der Waals surface area contributed by atoms with Gasteiger partial charge in [0, 0.05) is 0 Å². The van der Waals surface area contributed by atoms with Crippen LogP contribution in [-0.4, -0.2) is 0 Å². The summed E-state index contributed by atoms with van der Waals surface area (Å²) in [5.74, 6) is 1.42. The summed E-state index contributed by atoms with van der Waals surface area (Å²) < 4.78 is 5.78. The zero-order valence-electron chi connectivity index (χ0n) is 10.8. The van der Waals surface area contributed by atoms with Gasteiger partial charge in [0.15, 0.2) is 11.4 Å². The Morgan fingerprint density at radius 1 is 0.895 bits per heavy atom. The summed E-state index contributed by atoms with van der Waals surface area (Å²) in [5, 5.41) is 0. The minimum absolute atomic E-state index is 0.601. The van der Waals surface area contributed by atoms with E-state index in [9.17, 15) is 0 Å². The molecule has 3 nitrogen and oxygen atoms in total. The Bertz CT molecular complexity index is 706. The second-order valence-corrected chi connectivity index (χ2v) is 4.22. The maximum Gasteiger partial charge on any atom is 0.190 e. The average Bonchev–Trinajstić information content (AvgIpc) is 2.41. The van der Waals surface area contributed by atoms with Crippen molar-refractivity contribution >= 4 is 11.4 Å². The predicted molar refractivity (Wildman–Crippen MR) is 75.0 cm³/mol. The molecule has 0 fully saturated rings. The molecule has 3 heteroatoms. The molecule has 0 saturated heterocycles. The van der Waals surface area contributed by atoms with Crippen molar-refractivity contribution in [2.45, 2.75) is 13.8 Å². The van der Waals surface area contributed by atoms with Gasteiger partial charge in [0.2, 0.25) is 0 Å². The van der Waals surface area contributed by atoms with Gasteiger partial charge < -0.3 is 4.74 Å². The summed E-state index contributed by atoms with van der Waals surface area (Å²) in [5.41, 5.74) is 3.04. The summed E-state index contributed by atoms with van der Waals surface area (Å²) >= 11 is 0. The van der Waals surface area contributed by atoms with Crippen LogP contribution in [0, 0.1) is 27.0 Å². The van der Waals surface area contributed by atoms with Crippen LogP contribution in [-0.2, 0) is 0 Å². The van der Waals surface area contributed by atoms with Crippen LogP contribution >= 0.6 is 0 Å². The molecule has 0 unspecified atom stereocenters. The fourth-order valence-electron chi connectivity index (χ4n) is 1.76. The SMILES string of the molecule is [C-]#[N+]c1ccc(Oc2ccc([N+]#[C-])c(C)c2)c(C)c1. The van der Waals surface area contributed by atoms with Gasteiger partial charge in [0.25, 0.3) is 0 Å². The van der Waals surface area contributed by atoms with Crippen LogP contribution in [0.2, 0.25) is 0 Å². The molecule has 0 spiro atoms. The third-order valence-corrected chi connectivity index (χ3v) is 2.80.